The summed E-state index contributed by atoms with van der Waals surface area (Å²) in [6.07, 6.45) is 0. The number of aromatic nitrogens is 2. The highest BCUT2D eigenvalue weighted by Gasteiger charge is 2.11. The quantitative estimate of drug-likeness (QED) is 0.774. The summed E-state index contributed by atoms with van der Waals surface area (Å²) in [4.78, 5) is 16.4. The van der Waals surface area contributed by atoms with Crippen LogP contribution in [0.25, 0.3) is 11.0 Å². The molecule has 5 nitrogen and oxygen atoms in total. The fraction of sp³-hybridized carbons (Fsp3) is 0.125. The number of nitrogens with zero attached hydrogens (tertiary/aromatic N) is 2. The number of fused-ring (bicyclic) bond motifs is 1. The van der Waals surface area contributed by atoms with Crippen LogP contribution in [0.3, 0.4) is 0 Å². The third-order valence-corrected chi connectivity index (χ3v) is 3.32. The number of aryl methyl sites for hydroxylation is 1. The van der Waals surface area contributed by atoms with Gasteiger partial charge in [-0.1, -0.05) is 29.8 Å². The first-order chi connectivity index (χ1) is 10.1. The molecule has 0 aliphatic rings. The number of nitrogens with two attached hydrogens (primary N) is 1. The summed E-state index contributed by atoms with van der Waals surface area (Å²) in [5, 5.41) is 2.86. The van der Waals surface area contributed by atoms with Crippen molar-refractivity contribution in [2.75, 3.05) is 11.1 Å². The summed E-state index contributed by atoms with van der Waals surface area (Å²) < 4.78 is 1.71. The number of carbonyl (C=O) groups excluding carboxylic acids is 1. The summed E-state index contributed by atoms with van der Waals surface area (Å²) in [5.41, 5.74) is 9.45. The molecule has 5 heteroatoms. The summed E-state index contributed by atoms with van der Waals surface area (Å²) >= 11 is 0. The van der Waals surface area contributed by atoms with Gasteiger partial charge >= 0.3 is 0 Å². The number of hydrogen-bond donors (Lipinski definition) is 2. The number of para-hydroxylation sites is 2. The van der Waals surface area contributed by atoms with E-state index in [-0.39, 0.29) is 12.5 Å². The van der Waals surface area contributed by atoms with Crippen molar-refractivity contribution in [1.82, 2.24) is 9.55 Å². The van der Waals surface area contributed by atoms with Crippen LogP contribution in [0.5, 0.6) is 0 Å². The molecule has 1 heterocycles. The van der Waals surface area contributed by atoms with Crippen molar-refractivity contribution in [3.05, 3.63) is 54.1 Å². The number of benzene rings is 2. The molecule has 21 heavy (non-hydrogen) atoms. The molecule has 0 bridgehead atoms. The van der Waals surface area contributed by atoms with Crippen molar-refractivity contribution < 1.29 is 4.79 Å². The molecule has 106 valence electrons. The monoisotopic (exact) mass is 280 g/mol. The van der Waals surface area contributed by atoms with E-state index < -0.39 is 0 Å². The second-order valence-corrected chi connectivity index (χ2v) is 4.96. The fourth-order valence-corrected chi connectivity index (χ4v) is 2.24. The minimum atomic E-state index is -0.131. The Morgan fingerprint density at radius 2 is 1.90 bits per heavy atom. The van der Waals surface area contributed by atoms with Crippen LogP contribution in [-0.4, -0.2) is 15.5 Å². The highest BCUT2D eigenvalue weighted by Crippen LogP contribution is 2.17. The van der Waals surface area contributed by atoms with E-state index >= 15 is 0 Å². The molecule has 0 fully saturated rings. The largest absolute Gasteiger partial charge is 0.369 e. The number of nitrogens with one attached hydrogen (secondary N) is 1. The second kappa shape index (κ2) is 5.28. The molecular formula is C16H16N4O. The average Bonchev–Trinajstić information content (AvgIpc) is 2.78. The summed E-state index contributed by atoms with van der Waals surface area (Å²) in [6.45, 7) is 2.14. The molecule has 0 atom stereocenters. The van der Waals surface area contributed by atoms with Gasteiger partial charge in [0.15, 0.2) is 0 Å². The minimum absolute atomic E-state index is 0.131. The minimum Gasteiger partial charge on any atom is -0.369 e. The molecule has 1 amide bonds. The third-order valence-electron chi connectivity index (χ3n) is 3.32. The maximum atomic E-state index is 12.1. The first kappa shape index (κ1) is 13.2. The zero-order chi connectivity index (χ0) is 14.8. The zero-order valence-corrected chi connectivity index (χ0v) is 11.7. The van der Waals surface area contributed by atoms with Gasteiger partial charge in [0.1, 0.15) is 6.54 Å². The van der Waals surface area contributed by atoms with Crippen LogP contribution >= 0.6 is 0 Å². The lowest BCUT2D eigenvalue weighted by molar-refractivity contribution is -0.116. The van der Waals surface area contributed by atoms with Gasteiger partial charge in [-0.25, -0.2) is 4.98 Å². The van der Waals surface area contributed by atoms with Crippen molar-refractivity contribution in [2.24, 2.45) is 0 Å². The molecule has 3 aromatic rings. The fourth-order valence-electron chi connectivity index (χ4n) is 2.24. The Hall–Kier alpha value is -2.82. The molecule has 0 spiro atoms. The van der Waals surface area contributed by atoms with E-state index in [4.69, 9.17) is 5.73 Å². The lowest BCUT2D eigenvalue weighted by Gasteiger charge is -2.08. The van der Waals surface area contributed by atoms with Gasteiger partial charge in [-0.15, -0.1) is 0 Å². The Balaban J connectivity index is 1.80. The van der Waals surface area contributed by atoms with Crippen molar-refractivity contribution in [3.8, 4) is 0 Å². The molecule has 0 saturated carbocycles. The topological polar surface area (TPSA) is 72.9 Å². The Morgan fingerprint density at radius 3 is 2.67 bits per heavy atom. The molecule has 0 unspecified atom stereocenters. The summed E-state index contributed by atoms with van der Waals surface area (Å²) in [7, 11) is 0. The third kappa shape index (κ3) is 2.72. The highest BCUT2D eigenvalue weighted by molar-refractivity contribution is 5.92. The number of anilines is 2. The van der Waals surface area contributed by atoms with Crippen molar-refractivity contribution in [2.45, 2.75) is 13.5 Å². The standard InChI is InChI=1S/C16H16N4O/c1-11-6-8-12(9-7-11)18-15(21)10-20-14-5-3-2-4-13(14)19-16(20)17/h2-9H,10H2,1H3,(H2,17,19)(H,18,21). The molecule has 2 aromatic carbocycles. The predicted molar refractivity (Wildman–Crippen MR) is 84.0 cm³/mol. The van der Waals surface area contributed by atoms with E-state index in [9.17, 15) is 4.79 Å². The number of imidazole rings is 1. The number of rotatable bonds is 3. The lowest BCUT2D eigenvalue weighted by atomic mass is 10.2. The van der Waals surface area contributed by atoms with E-state index in [1.165, 1.54) is 0 Å². The van der Waals surface area contributed by atoms with Gasteiger partial charge < -0.3 is 15.6 Å². The van der Waals surface area contributed by atoms with Crippen molar-refractivity contribution in [1.29, 1.82) is 0 Å². The van der Waals surface area contributed by atoms with Gasteiger partial charge in [0, 0.05) is 5.69 Å². The molecule has 3 rings (SSSR count). The number of nitrogen functional groups attached to an aromatic ring is 1. The van der Waals surface area contributed by atoms with E-state index in [2.05, 4.69) is 10.3 Å². The maximum Gasteiger partial charge on any atom is 0.244 e. The Labute approximate surface area is 122 Å². The van der Waals surface area contributed by atoms with Crippen LogP contribution in [0.15, 0.2) is 48.5 Å². The first-order valence-corrected chi connectivity index (χ1v) is 6.71. The Morgan fingerprint density at radius 1 is 1.19 bits per heavy atom. The zero-order valence-electron chi connectivity index (χ0n) is 11.7. The van der Waals surface area contributed by atoms with Crippen LogP contribution in [0.2, 0.25) is 0 Å². The Kier molecular flexibility index (Phi) is 3.31. The van der Waals surface area contributed by atoms with Gasteiger partial charge in [-0.2, -0.15) is 0 Å². The van der Waals surface area contributed by atoms with Crippen LogP contribution < -0.4 is 11.1 Å². The SMILES string of the molecule is Cc1ccc(NC(=O)Cn2c(N)nc3ccccc32)cc1. The molecule has 0 saturated heterocycles. The predicted octanol–water partition coefficient (Wildman–Crippen LogP) is 2.57. The smallest absolute Gasteiger partial charge is 0.244 e. The molecular weight excluding hydrogens is 264 g/mol. The van der Waals surface area contributed by atoms with E-state index in [0.717, 1.165) is 22.3 Å². The van der Waals surface area contributed by atoms with Crippen LogP contribution in [-0.2, 0) is 11.3 Å². The highest BCUT2D eigenvalue weighted by atomic mass is 16.1. The normalized spacial score (nSPS) is 10.7. The molecule has 0 aliphatic carbocycles. The van der Waals surface area contributed by atoms with Gasteiger partial charge in [0.2, 0.25) is 11.9 Å². The number of hydrogen-bond acceptors (Lipinski definition) is 3. The van der Waals surface area contributed by atoms with E-state index in [0.29, 0.717) is 5.95 Å². The van der Waals surface area contributed by atoms with Crippen molar-refractivity contribution in [3.63, 3.8) is 0 Å². The molecule has 3 N–H and O–H groups in total. The first-order valence-electron chi connectivity index (χ1n) is 6.71. The Bertz CT molecular complexity index is 790. The number of amides is 1. The van der Waals surface area contributed by atoms with E-state index in [1.54, 1.807) is 4.57 Å². The number of carbonyl (C=O) groups is 1. The van der Waals surface area contributed by atoms with Crippen molar-refractivity contribution >= 4 is 28.6 Å². The molecule has 0 radical (unpaired) electrons. The van der Waals surface area contributed by atoms with Gasteiger partial charge in [-0.3, -0.25) is 4.79 Å². The lowest BCUT2D eigenvalue weighted by Crippen LogP contribution is -2.19. The molecule has 1 aromatic heterocycles. The van der Waals surface area contributed by atoms with Gasteiger partial charge in [-0.05, 0) is 31.2 Å². The summed E-state index contributed by atoms with van der Waals surface area (Å²) in [5.74, 6) is 0.212. The van der Waals surface area contributed by atoms with Crippen LogP contribution in [0.4, 0.5) is 11.6 Å². The second-order valence-electron chi connectivity index (χ2n) is 4.96. The van der Waals surface area contributed by atoms with Gasteiger partial charge in [0.05, 0.1) is 11.0 Å². The molecule has 0 aliphatic heterocycles. The van der Waals surface area contributed by atoms with Gasteiger partial charge in [0.25, 0.3) is 0 Å². The van der Waals surface area contributed by atoms with Crippen LogP contribution in [0, 0.1) is 6.92 Å². The average molecular weight is 280 g/mol. The summed E-state index contributed by atoms with van der Waals surface area (Å²) in [6, 6.07) is 15.2. The maximum absolute atomic E-state index is 12.1. The van der Waals surface area contributed by atoms with Crippen LogP contribution in [0.1, 0.15) is 5.56 Å². The van der Waals surface area contributed by atoms with E-state index in [1.807, 2.05) is 55.5 Å².